The lowest BCUT2D eigenvalue weighted by molar-refractivity contribution is 0.171. The molecule has 0 atom stereocenters. The van der Waals surface area contributed by atoms with Crippen LogP contribution in [0.2, 0.25) is 0 Å². The van der Waals surface area contributed by atoms with Crippen LogP contribution in [0.1, 0.15) is 53.4 Å². The summed E-state index contributed by atoms with van der Waals surface area (Å²) in [5.74, 6) is 0. The molecule has 84 valence electrons. The van der Waals surface area contributed by atoms with E-state index in [1.165, 1.54) is 32.2 Å². The Morgan fingerprint density at radius 1 is 1.00 bits per heavy atom. The predicted octanol–water partition coefficient (Wildman–Crippen LogP) is 3.85. The maximum Gasteiger partial charge on any atom is 0.00412 e. The van der Waals surface area contributed by atoms with Gasteiger partial charge < -0.3 is 0 Å². The molecule has 0 amide bonds. The number of hydrogen-bond acceptors (Lipinski definition) is 1. The molecule has 0 N–H and O–H groups in total. The number of nitrogens with zero attached hydrogens (tertiary/aromatic N) is 1. The van der Waals surface area contributed by atoms with Crippen LogP contribution >= 0.6 is 0 Å². The lowest BCUT2D eigenvalue weighted by Crippen LogP contribution is -2.37. The third-order valence-corrected chi connectivity index (χ3v) is 2.65. The van der Waals surface area contributed by atoms with E-state index in [2.05, 4.69) is 39.2 Å². The third-order valence-electron chi connectivity index (χ3n) is 2.65. The molecule has 0 fully saturated rings. The topological polar surface area (TPSA) is 3.24 Å². The minimum absolute atomic E-state index is 0.675. The molecule has 0 rings (SSSR count). The maximum atomic E-state index is 3.74. The van der Waals surface area contributed by atoms with Crippen LogP contribution in [0.5, 0.6) is 0 Å². The Morgan fingerprint density at radius 3 is 2.00 bits per heavy atom. The molecule has 0 aliphatic rings. The van der Waals surface area contributed by atoms with E-state index in [0.29, 0.717) is 12.1 Å². The SMILES string of the molecule is C=CCCCCCN(C(C)C)C(C)C. The summed E-state index contributed by atoms with van der Waals surface area (Å²) in [5.41, 5.74) is 0. The van der Waals surface area contributed by atoms with Crippen LogP contribution in [0.4, 0.5) is 0 Å². The molecule has 14 heavy (non-hydrogen) atoms. The summed E-state index contributed by atoms with van der Waals surface area (Å²) in [6.07, 6.45) is 7.14. The van der Waals surface area contributed by atoms with Crippen LogP contribution in [0.15, 0.2) is 12.7 Å². The second kappa shape index (κ2) is 8.05. The van der Waals surface area contributed by atoms with Gasteiger partial charge in [0.1, 0.15) is 0 Å². The van der Waals surface area contributed by atoms with Gasteiger partial charge in [-0.15, -0.1) is 6.58 Å². The molecule has 0 aromatic heterocycles. The molecule has 0 unspecified atom stereocenters. The second-order valence-electron chi connectivity index (χ2n) is 4.56. The van der Waals surface area contributed by atoms with Gasteiger partial charge in [0.05, 0.1) is 0 Å². The van der Waals surface area contributed by atoms with Crippen LogP contribution in [0.25, 0.3) is 0 Å². The maximum absolute atomic E-state index is 3.74. The van der Waals surface area contributed by atoms with Crippen molar-refractivity contribution in [3.8, 4) is 0 Å². The lowest BCUT2D eigenvalue weighted by Gasteiger charge is -2.30. The van der Waals surface area contributed by atoms with Gasteiger partial charge in [-0.3, -0.25) is 4.90 Å². The molecule has 0 saturated heterocycles. The fourth-order valence-electron chi connectivity index (χ4n) is 1.87. The Morgan fingerprint density at radius 2 is 1.57 bits per heavy atom. The van der Waals surface area contributed by atoms with Gasteiger partial charge in [0.2, 0.25) is 0 Å². The standard InChI is InChI=1S/C13H27N/c1-6-7-8-9-10-11-14(12(2)3)13(4)5/h6,12-13H,1,7-11H2,2-5H3. The molecule has 1 heteroatoms. The van der Waals surface area contributed by atoms with Crippen molar-refractivity contribution in [3.63, 3.8) is 0 Å². The zero-order chi connectivity index (χ0) is 11.0. The van der Waals surface area contributed by atoms with Gasteiger partial charge in [0.15, 0.2) is 0 Å². The Kier molecular flexibility index (Phi) is 7.87. The van der Waals surface area contributed by atoms with Crippen LogP contribution in [0, 0.1) is 0 Å². The van der Waals surface area contributed by atoms with Crippen molar-refractivity contribution < 1.29 is 0 Å². The van der Waals surface area contributed by atoms with E-state index in [1.54, 1.807) is 0 Å². The van der Waals surface area contributed by atoms with E-state index in [1.807, 2.05) is 6.08 Å². The van der Waals surface area contributed by atoms with Crippen molar-refractivity contribution in [2.24, 2.45) is 0 Å². The van der Waals surface area contributed by atoms with Gasteiger partial charge in [-0.05, 0) is 53.5 Å². The van der Waals surface area contributed by atoms with Crippen LogP contribution in [-0.4, -0.2) is 23.5 Å². The summed E-state index contributed by atoms with van der Waals surface area (Å²) in [7, 11) is 0. The minimum atomic E-state index is 0.675. The summed E-state index contributed by atoms with van der Waals surface area (Å²) in [4.78, 5) is 2.56. The summed E-state index contributed by atoms with van der Waals surface area (Å²) >= 11 is 0. The van der Waals surface area contributed by atoms with Gasteiger partial charge in [-0.2, -0.15) is 0 Å². The summed E-state index contributed by atoms with van der Waals surface area (Å²) < 4.78 is 0. The Balaban J connectivity index is 3.56. The predicted molar refractivity (Wildman–Crippen MR) is 65.6 cm³/mol. The zero-order valence-corrected chi connectivity index (χ0v) is 10.4. The van der Waals surface area contributed by atoms with Gasteiger partial charge in [0.25, 0.3) is 0 Å². The first-order valence-electron chi connectivity index (χ1n) is 5.96. The highest BCUT2D eigenvalue weighted by Gasteiger charge is 2.11. The Hall–Kier alpha value is -0.300. The molecule has 0 aromatic rings. The molecule has 1 nitrogen and oxygen atoms in total. The average Bonchev–Trinajstić information content (AvgIpc) is 2.09. The monoisotopic (exact) mass is 197 g/mol. The van der Waals surface area contributed by atoms with E-state index in [9.17, 15) is 0 Å². The van der Waals surface area contributed by atoms with Gasteiger partial charge in [-0.25, -0.2) is 0 Å². The average molecular weight is 197 g/mol. The first-order chi connectivity index (χ1) is 6.59. The quantitative estimate of drug-likeness (QED) is 0.422. The van der Waals surface area contributed by atoms with E-state index in [-0.39, 0.29) is 0 Å². The fraction of sp³-hybridized carbons (Fsp3) is 0.846. The van der Waals surface area contributed by atoms with Crippen molar-refractivity contribution in [2.75, 3.05) is 6.54 Å². The lowest BCUT2D eigenvalue weighted by atomic mass is 10.1. The van der Waals surface area contributed by atoms with E-state index >= 15 is 0 Å². The van der Waals surface area contributed by atoms with Gasteiger partial charge >= 0.3 is 0 Å². The molecule has 0 heterocycles. The van der Waals surface area contributed by atoms with Gasteiger partial charge in [0, 0.05) is 12.1 Å². The minimum Gasteiger partial charge on any atom is -0.299 e. The number of unbranched alkanes of at least 4 members (excludes halogenated alkanes) is 3. The molecular formula is C13H27N. The summed E-state index contributed by atoms with van der Waals surface area (Å²) in [6, 6.07) is 1.35. The molecule has 0 aliphatic carbocycles. The molecule has 0 saturated carbocycles. The highest BCUT2D eigenvalue weighted by atomic mass is 15.2. The summed E-state index contributed by atoms with van der Waals surface area (Å²) in [5, 5.41) is 0. The normalized spacial score (nSPS) is 11.6. The second-order valence-corrected chi connectivity index (χ2v) is 4.56. The van der Waals surface area contributed by atoms with E-state index in [0.717, 1.165) is 0 Å². The molecule has 0 aliphatic heterocycles. The summed E-state index contributed by atoms with van der Waals surface area (Å²) in [6.45, 7) is 14.1. The van der Waals surface area contributed by atoms with Crippen molar-refractivity contribution in [1.29, 1.82) is 0 Å². The Bertz CT molecular complexity index is 130. The van der Waals surface area contributed by atoms with E-state index < -0.39 is 0 Å². The van der Waals surface area contributed by atoms with Crippen molar-refractivity contribution >= 4 is 0 Å². The van der Waals surface area contributed by atoms with Crippen molar-refractivity contribution in [2.45, 2.75) is 65.5 Å². The molecule has 0 bridgehead atoms. The molecule has 0 spiro atoms. The first kappa shape index (κ1) is 13.7. The largest absolute Gasteiger partial charge is 0.299 e. The first-order valence-corrected chi connectivity index (χ1v) is 5.96. The highest BCUT2D eigenvalue weighted by Crippen LogP contribution is 2.08. The third kappa shape index (κ3) is 6.20. The van der Waals surface area contributed by atoms with Crippen molar-refractivity contribution in [3.05, 3.63) is 12.7 Å². The van der Waals surface area contributed by atoms with Crippen LogP contribution < -0.4 is 0 Å². The van der Waals surface area contributed by atoms with Crippen LogP contribution in [0.3, 0.4) is 0 Å². The Labute approximate surface area is 90.2 Å². The fourth-order valence-corrected chi connectivity index (χ4v) is 1.87. The number of allylic oxidation sites excluding steroid dienone is 1. The number of hydrogen-bond donors (Lipinski definition) is 0. The molecule has 0 radical (unpaired) electrons. The smallest absolute Gasteiger partial charge is 0.00412 e. The van der Waals surface area contributed by atoms with Gasteiger partial charge in [-0.1, -0.05) is 12.5 Å². The zero-order valence-electron chi connectivity index (χ0n) is 10.4. The van der Waals surface area contributed by atoms with E-state index in [4.69, 9.17) is 0 Å². The van der Waals surface area contributed by atoms with Crippen LogP contribution in [-0.2, 0) is 0 Å². The highest BCUT2D eigenvalue weighted by molar-refractivity contribution is 4.69. The molecule has 0 aromatic carbocycles. The molecular weight excluding hydrogens is 170 g/mol. The van der Waals surface area contributed by atoms with Crippen molar-refractivity contribution in [1.82, 2.24) is 4.90 Å². The number of rotatable bonds is 8.